The Balaban J connectivity index is 0.000000360. The van der Waals surface area contributed by atoms with Crippen LogP contribution in [0.4, 0.5) is 0 Å². The second-order valence-electron chi connectivity index (χ2n) is 8.18. The fourth-order valence-electron chi connectivity index (χ4n) is 3.41. The number of rotatable bonds is 8. The molecule has 0 aliphatic carbocycles. The van der Waals surface area contributed by atoms with Crippen LogP contribution in [0.3, 0.4) is 0 Å². The molecule has 0 N–H and O–H groups in total. The first-order valence-corrected chi connectivity index (χ1v) is 11.3. The molecule has 0 heterocycles. The molecule has 0 bridgehead atoms. The van der Waals surface area contributed by atoms with E-state index in [4.69, 9.17) is 9.47 Å². The molecule has 0 aliphatic rings. The van der Waals surface area contributed by atoms with Crippen molar-refractivity contribution in [3.63, 3.8) is 0 Å². The molecular formula is C28H34O8. The van der Waals surface area contributed by atoms with E-state index in [0.29, 0.717) is 11.1 Å². The van der Waals surface area contributed by atoms with Crippen molar-refractivity contribution in [2.75, 3.05) is 14.2 Å². The molecule has 2 unspecified atom stereocenters. The molecule has 0 amide bonds. The summed E-state index contributed by atoms with van der Waals surface area (Å²) in [6.45, 7) is 12.2. The Bertz CT molecular complexity index is 1090. The van der Waals surface area contributed by atoms with Crippen molar-refractivity contribution in [3.05, 3.63) is 77.4 Å². The molecule has 0 aromatic heterocycles. The van der Waals surface area contributed by atoms with Crippen molar-refractivity contribution in [1.29, 1.82) is 0 Å². The highest BCUT2D eigenvalue weighted by Crippen LogP contribution is 2.29. The van der Waals surface area contributed by atoms with Crippen molar-refractivity contribution < 1.29 is 38.1 Å². The van der Waals surface area contributed by atoms with Gasteiger partial charge in [-0.1, -0.05) is 74.5 Å². The highest BCUT2D eigenvalue weighted by molar-refractivity contribution is 5.82. The second-order valence-corrected chi connectivity index (χ2v) is 8.18. The molecule has 8 nitrogen and oxygen atoms in total. The fraction of sp³-hybridized carbons (Fsp3) is 0.357. The number of carbonyl (C=O) groups excluding carboxylic acids is 4. The van der Waals surface area contributed by atoms with Gasteiger partial charge in [0, 0.05) is 25.0 Å². The van der Waals surface area contributed by atoms with E-state index in [1.54, 1.807) is 24.3 Å². The van der Waals surface area contributed by atoms with Crippen molar-refractivity contribution in [3.8, 4) is 0 Å². The molecule has 8 heteroatoms. The lowest BCUT2D eigenvalue weighted by Crippen LogP contribution is -2.21. The summed E-state index contributed by atoms with van der Waals surface area (Å²) in [5, 5.41) is 0. The minimum absolute atomic E-state index is 0.226. The molecule has 194 valence electrons. The Morgan fingerprint density at radius 3 is 1.44 bits per heavy atom. The fourth-order valence-corrected chi connectivity index (χ4v) is 3.41. The summed E-state index contributed by atoms with van der Waals surface area (Å²) in [6.07, 6.45) is -2.05. The Labute approximate surface area is 212 Å². The number of benzene rings is 2. The molecule has 0 fully saturated rings. The van der Waals surface area contributed by atoms with Gasteiger partial charge in [0.1, 0.15) is 0 Å². The maximum Gasteiger partial charge on any atom is 0.351 e. The number of methoxy groups -OCH3 is 2. The minimum Gasteiger partial charge on any atom is -0.466 e. The summed E-state index contributed by atoms with van der Waals surface area (Å²) >= 11 is 0. The summed E-state index contributed by atoms with van der Waals surface area (Å²) in [4.78, 5) is 45.6. The zero-order valence-corrected chi connectivity index (χ0v) is 21.8. The van der Waals surface area contributed by atoms with Crippen molar-refractivity contribution in [2.24, 2.45) is 0 Å². The van der Waals surface area contributed by atoms with E-state index in [-0.39, 0.29) is 5.92 Å². The first-order chi connectivity index (χ1) is 16.9. The quantitative estimate of drug-likeness (QED) is 0.366. The van der Waals surface area contributed by atoms with Gasteiger partial charge < -0.3 is 18.9 Å². The van der Waals surface area contributed by atoms with Crippen molar-refractivity contribution in [1.82, 2.24) is 0 Å². The molecule has 0 saturated carbocycles. The van der Waals surface area contributed by atoms with Gasteiger partial charge >= 0.3 is 23.9 Å². The van der Waals surface area contributed by atoms with E-state index < -0.39 is 36.1 Å². The highest BCUT2D eigenvalue weighted by Gasteiger charge is 2.28. The summed E-state index contributed by atoms with van der Waals surface area (Å²) in [6, 6.07) is 14.5. The van der Waals surface area contributed by atoms with Crippen LogP contribution in [-0.4, -0.2) is 38.1 Å². The standard InChI is InChI=1S/C14H18O4.C14H16O4/c2*1-9(2)11-7-5-6-8-12(11)13(14(16)17-4)18-10(3)15/h5-9,13H,1-4H3;5-8,13H,1H2,2-4H3. The Hall–Kier alpha value is -3.94. The lowest BCUT2D eigenvalue weighted by atomic mass is 9.94. The van der Waals surface area contributed by atoms with Crippen LogP contribution in [0.1, 0.15) is 75.0 Å². The molecule has 2 aromatic rings. The summed E-state index contributed by atoms with van der Waals surface area (Å²) in [5.41, 5.74) is 3.77. The number of hydrogen-bond acceptors (Lipinski definition) is 8. The highest BCUT2D eigenvalue weighted by atomic mass is 16.6. The van der Waals surface area contributed by atoms with Crippen molar-refractivity contribution in [2.45, 2.75) is 52.7 Å². The summed E-state index contributed by atoms with van der Waals surface area (Å²) in [7, 11) is 2.53. The Morgan fingerprint density at radius 1 is 0.667 bits per heavy atom. The Morgan fingerprint density at radius 2 is 1.06 bits per heavy atom. The zero-order valence-electron chi connectivity index (χ0n) is 21.8. The molecule has 0 saturated heterocycles. The molecule has 2 aromatic carbocycles. The first kappa shape index (κ1) is 30.1. The third-order valence-electron chi connectivity index (χ3n) is 5.00. The number of allylic oxidation sites excluding steroid dienone is 1. The van der Waals surface area contributed by atoms with Crippen LogP contribution in [0.25, 0.3) is 5.57 Å². The first-order valence-electron chi connectivity index (χ1n) is 11.3. The third kappa shape index (κ3) is 8.69. The van der Waals surface area contributed by atoms with E-state index in [1.807, 2.05) is 45.0 Å². The molecule has 0 radical (unpaired) electrons. The van der Waals surface area contributed by atoms with E-state index in [0.717, 1.165) is 16.7 Å². The van der Waals surface area contributed by atoms with Gasteiger partial charge in [-0.2, -0.15) is 0 Å². The summed E-state index contributed by atoms with van der Waals surface area (Å²) < 4.78 is 19.4. The van der Waals surface area contributed by atoms with E-state index in [9.17, 15) is 19.2 Å². The SMILES string of the molecule is C=C(C)c1ccccc1C(OC(C)=O)C(=O)OC.COC(=O)C(OC(C)=O)c1ccccc1C(C)C. The lowest BCUT2D eigenvalue weighted by molar-refractivity contribution is -0.165. The Kier molecular flexibility index (Phi) is 12.1. The number of carbonyl (C=O) groups is 4. The lowest BCUT2D eigenvalue weighted by Gasteiger charge is -2.19. The summed E-state index contributed by atoms with van der Waals surface area (Å²) in [5.74, 6) is -2.01. The zero-order chi connectivity index (χ0) is 27.4. The molecule has 36 heavy (non-hydrogen) atoms. The number of ether oxygens (including phenoxy) is 4. The minimum atomic E-state index is -1.06. The third-order valence-corrected chi connectivity index (χ3v) is 5.00. The van der Waals surface area contributed by atoms with Crippen LogP contribution in [0.2, 0.25) is 0 Å². The number of esters is 4. The van der Waals surface area contributed by atoms with E-state index >= 15 is 0 Å². The van der Waals surface area contributed by atoms with Crippen LogP contribution in [-0.2, 0) is 38.1 Å². The average Bonchev–Trinajstić information content (AvgIpc) is 2.85. The predicted octanol–water partition coefficient (Wildman–Crippen LogP) is 5.08. The molecule has 2 rings (SSSR count). The molecule has 0 spiro atoms. The average molecular weight is 499 g/mol. The van der Waals surface area contributed by atoms with Crippen molar-refractivity contribution >= 4 is 29.5 Å². The van der Waals surface area contributed by atoms with Crippen LogP contribution < -0.4 is 0 Å². The van der Waals surface area contributed by atoms with E-state index in [1.165, 1.54) is 28.1 Å². The predicted molar refractivity (Wildman–Crippen MR) is 135 cm³/mol. The maximum atomic E-state index is 11.7. The topological polar surface area (TPSA) is 105 Å². The molecular weight excluding hydrogens is 464 g/mol. The number of hydrogen-bond donors (Lipinski definition) is 0. The van der Waals surface area contributed by atoms with Gasteiger partial charge in [-0.25, -0.2) is 9.59 Å². The largest absolute Gasteiger partial charge is 0.466 e. The van der Waals surface area contributed by atoms with Gasteiger partial charge in [0.25, 0.3) is 0 Å². The monoisotopic (exact) mass is 498 g/mol. The van der Waals surface area contributed by atoms with E-state index in [2.05, 4.69) is 16.1 Å². The van der Waals surface area contributed by atoms with Crippen LogP contribution >= 0.6 is 0 Å². The second kappa shape index (κ2) is 14.5. The van der Waals surface area contributed by atoms with Gasteiger partial charge in [0.2, 0.25) is 12.2 Å². The molecule has 0 aliphatic heterocycles. The maximum absolute atomic E-state index is 11.7. The van der Waals surface area contributed by atoms with Gasteiger partial charge in [0.05, 0.1) is 14.2 Å². The van der Waals surface area contributed by atoms with Gasteiger partial charge in [-0.05, 0) is 24.0 Å². The van der Waals surface area contributed by atoms with Crippen LogP contribution in [0.5, 0.6) is 0 Å². The van der Waals surface area contributed by atoms with Gasteiger partial charge in [-0.15, -0.1) is 0 Å². The van der Waals surface area contributed by atoms with Gasteiger partial charge in [-0.3, -0.25) is 9.59 Å². The van der Waals surface area contributed by atoms with Gasteiger partial charge in [0.15, 0.2) is 0 Å². The van der Waals surface area contributed by atoms with Crippen LogP contribution in [0.15, 0.2) is 55.1 Å². The normalized spacial score (nSPS) is 11.8. The smallest absolute Gasteiger partial charge is 0.351 e. The molecule has 2 atom stereocenters. The van der Waals surface area contributed by atoms with Crippen LogP contribution in [0, 0.1) is 0 Å².